The summed E-state index contributed by atoms with van der Waals surface area (Å²) < 4.78 is 1.80. The van der Waals surface area contributed by atoms with Crippen molar-refractivity contribution in [3.8, 4) is 5.82 Å². The molecule has 1 saturated heterocycles. The number of pyridine rings is 1. The Hall–Kier alpha value is -3.17. The first-order chi connectivity index (χ1) is 15.0. The summed E-state index contributed by atoms with van der Waals surface area (Å²) in [6.45, 7) is 7.04. The average molecular weight is 456 g/mol. The molecule has 0 aromatic carbocycles. The summed E-state index contributed by atoms with van der Waals surface area (Å²) in [6.07, 6.45) is 9.94. The molecular weight excluding hydrogens is 426 g/mol. The van der Waals surface area contributed by atoms with Crippen molar-refractivity contribution in [3.05, 3.63) is 54.1 Å². The number of nitrogens with zero attached hydrogens (tertiary/aromatic N) is 8. The highest BCUT2D eigenvalue weighted by molar-refractivity contribution is 5.85. The largest absolute Gasteiger partial charge is 0.368 e. The van der Waals surface area contributed by atoms with E-state index in [0.717, 1.165) is 49.8 Å². The fraction of sp³-hybridized carbons (Fsp3) is 0.364. The molecule has 170 valence electrons. The van der Waals surface area contributed by atoms with Crippen molar-refractivity contribution in [1.82, 2.24) is 29.6 Å². The van der Waals surface area contributed by atoms with Crippen molar-refractivity contribution in [2.24, 2.45) is 0 Å². The van der Waals surface area contributed by atoms with Gasteiger partial charge in [0.15, 0.2) is 5.82 Å². The summed E-state index contributed by atoms with van der Waals surface area (Å²) in [7, 11) is 3.85. The molecule has 0 spiro atoms. The number of aromatic nitrogens is 5. The molecule has 4 heterocycles. The minimum absolute atomic E-state index is 0. The molecule has 0 atom stereocenters. The molecule has 0 saturated carbocycles. The second-order valence-electron chi connectivity index (χ2n) is 7.84. The summed E-state index contributed by atoms with van der Waals surface area (Å²) in [5, 5.41) is 4.51. The van der Waals surface area contributed by atoms with Crippen molar-refractivity contribution in [2.45, 2.75) is 6.92 Å². The Morgan fingerprint density at radius 3 is 2.59 bits per heavy atom. The maximum atomic E-state index is 5.88. The number of nitrogen functional groups attached to an aromatic ring is 1. The maximum Gasteiger partial charge on any atom is 0.224 e. The van der Waals surface area contributed by atoms with Crippen LogP contribution >= 0.6 is 12.4 Å². The molecule has 0 unspecified atom stereocenters. The van der Waals surface area contributed by atoms with Gasteiger partial charge in [0.1, 0.15) is 5.82 Å². The van der Waals surface area contributed by atoms with Crippen LogP contribution in [-0.4, -0.2) is 76.5 Å². The second kappa shape index (κ2) is 10.4. The van der Waals surface area contributed by atoms with Crippen LogP contribution in [0.25, 0.3) is 11.9 Å². The van der Waals surface area contributed by atoms with Crippen LogP contribution in [0.5, 0.6) is 0 Å². The molecule has 9 nitrogen and oxygen atoms in total. The molecule has 1 fully saturated rings. The minimum Gasteiger partial charge on any atom is -0.368 e. The third-order valence-corrected chi connectivity index (χ3v) is 5.48. The zero-order chi connectivity index (χ0) is 21.8. The van der Waals surface area contributed by atoms with Gasteiger partial charge in [-0.05, 0) is 19.1 Å². The van der Waals surface area contributed by atoms with E-state index in [1.54, 1.807) is 4.68 Å². The third kappa shape index (κ3) is 5.35. The molecule has 0 bridgehead atoms. The van der Waals surface area contributed by atoms with Crippen molar-refractivity contribution in [2.75, 3.05) is 62.4 Å². The van der Waals surface area contributed by atoms with Crippen LogP contribution in [0.4, 0.5) is 17.5 Å². The van der Waals surface area contributed by atoms with Crippen molar-refractivity contribution >= 4 is 35.9 Å². The fourth-order valence-electron chi connectivity index (χ4n) is 3.65. The Morgan fingerprint density at radius 2 is 1.91 bits per heavy atom. The van der Waals surface area contributed by atoms with Gasteiger partial charge in [0.05, 0.1) is 23.8 Å². The van der Waals surface area contributed by atoms with Crippen LogP contribution in [-0.2, 0) is 0 Å². The third-order valence-electron chi connectivity index (χ3n) is 5.48. The fourth-order valence-corrected chi connectivity index (χ4v) is 3.65. The number of rotatable bonds is 6. The van der Waals surface area contributed by atoms with Crippen LogP contribution < -0.4 is 15.5 Å². The summed E-state index contributed by atoms with van der Waals surface area (Å²) >= 11 is 0. The predicted molar refractivity (Wildman–Crippen MR) is 132 cm³/mol. The number of hydrogen-bond donors (Lipinski definition) is 1. The van der Waals surface area contributed by atoms with Gasteiger partial charge in [0, 0.05) is 64.6 Å². The van der Waals surface area contributed by atoms with Crippen molar-refractivity contribution in [1.29, 1.82) is 0 Å². The van der Waals surface area contributed by atoms with Crippen molar-refractivity contribution in [3.63, 3.8) is 0 Å². The van der Waals surface area contributed by atoms with E-state index in [9.17, 15) is 0 Å². The highest BCUT2D eigenvalue weighted by Crippen LogP contribution is 2.19. The van der Waals surface area contributed by atoms with E-state index in [-0.39, 0.29) is 18.4 Å². The van der Waals surface area contributed by atoms with Gasteiger partial charge >= 0.3 is 0 Å². The lowest BCUT2D eigenvalue weighted by Crippen LogP contribution is -2.46. The topological polar surface area (TPSA) is 92.2 Å². The molecular formula is C22H30ClN9. The number of hydrogen-bond acceptors (Lipinski definition) is 8. The van der Waals surface area contributed by atoms with E-state index in [2.05, 4.69) is 48.1 Å². The zero-order valence-electron chi connectivity index (χ0n) is 18.7. The highest BCUT2D eigenvalue weighted by atomic mass is 35.5. The van der Waals surface area contributed by atoms with Gasteiger partial charge in [-0.15, -0.1) is 12.4 Å². The van der Waals surface area contributed by atoms with Crippen LogP contribution in [0.3, 0.4) is 0 Å². The van der Waals surface area contributed by atoms with Gasteiger partial charge in [-0.2, -0.15) is 15.1 Å². The first kappa shape index (κ1) is 23.5. The SMILES string of the molecule is Cc1c(/C=C/CN2CCN(c3cccnc3)CC2)cnn1-c1cc(N(C)C)nc(N)n1.Cl. The van der Waals surface area contributed by atoms with Crippen LogP contribution in [0.15, 0.2) is 42.9 Å². The molecule has 0 amide bonds. The Labute approximate surface area is 195 Å². The lowest BCUT2D eigenvalue weighted by atomic mass is 10.2. The number of nitrogens with two attached hydrogens (primary N) is 1. The number of piperazine rings is 1. The van der Waals surface area contributed by atoms with E-state index in [1.807, 2.05) is 56.6 Å². The van der Waals surface area contributed by atoms with E-state index in [0.29, 0.717) is 5.82 Å². The standard InChI is InChI=1S/C22H29N9.ClH/c1-17-18(15-25-31(17)21-14-20(28(2)3)26-22(23)27-21)6-5-9-29-10-12-30(13-11-29)19-7-4-8-24-16-19;/h4-8,14-16H,9-13H2,1-3H3,(H2,23,26,27);1H/b6-5+;. The van der Waals surface area contributed by atoms with Gasteiger partial charge in [-0.25, -0.2) is 4.68 Å². The Kier molecular flexibility index (Phi) is 7.66. The smallest absolute Gasteiger partial charge is 0.224 e. The summed E-state index contributed by atoms with van der Waals surface area (Å²) in [4.78, 5) is 19.6. The lowest BCUT2D eigenvalue weighted by molar-refractivity contribution is 0.284. The van der Waals surface area contributed by atoms with Gasteiger partial charge in [0.2, 0.25) is 5.95 Å². The molecule has 0 aliphatic carbocycles. The molecule has 2 N–H and O–H groups in total. The molecule has 0 radical (unpaired) electrons. The van der Waals surface area contributed by atoms with Gasteiger partial charge in [0.25, 0.3) is 0 Å². The lowest BCUT2D eigenvalue weighted by Gasteiger charge is -2.35. The molecule has 1 aliphatic rings. The quantitative estimate of drug-likeness (QED) is 0.605. The highest BCUT2D eigenvalue weighted by Gasteiger charge is 2.16. The van der Waals surface area contributed by atoms with Gasteiger partial charge in [-0.1, -0.05) is 12.2 Å². The Balaban J connectivity index is 0.00000289. The zero-order valence-corrected chi connectivity index (χ0v) is 19.5. The molecule has 3 aromatic heterocycles. The first-order valence-corrected chi connectivity index (χ1v) is 10.4. The van der Waals surface area contributed by atoms with E-state index >= 15 is 0 Å². The summed E-state index contributed by atoms with van der Waals surface area (Å²) in [6, 6.07) is 5.99. The van der Waals surface area contributed by atoms with E-state index in [4.69, 9.17) is 5.73 Å². The van der Waals surface area contributed by atoms with Gasteiger partial charge in [-0.3, -0.25) is 9.88 Å². The average Bonchev–Trinajstić information content (AvgIpc) is 3.15. The number of halogens is 1. The first-order valence-electron chi connectivity index (χ1n) is 10.4. The van der Waals surface area contributed by atoms with E-state index < -0.39 is 0 Å². The minimum atomic E-state index is 0. The van der Waals surface area contributed by atoms with Crippen LogP contribution in [0.2, 0.25) is 0 Å². The maximum absolute atomic E-state index is 5.88. The molecule has 4 rings (SSSR count). The van der Waals surface area contributed by atoms with Crippen molar-refractivity contribution < 1.29 is 0 Å². The van der Waals surface area contributed by atoms with Gasteiger partial charge < -0.3 is 15.5 Å². The molecule has 1 aliphatic heterocycles. The number of anilines is 3. The Morgan fingerprint density at radius 1 is 1.12 bits per heavy atom. The second-order valence-corrected chi connectivity index (χ2v) is 7.84. The Bertz CT molecular complexity index is 1040. The molecule has 10 heteroatoms. The molecule has 32 heavy (non-hydrogen) atoms. The van der Waals surface area contributed by atoms with Crippen LogP contribution in [0.1, 0.15) is 11.3 Å². The normalized spacial score (nSPS) is 14.5. The molecule has 3 aromatic rings. The summed E-state index contributed by atoms with van der Waals surface area (Å²) in [5.41, 5.74) is 9.16. The van der Waals surface area contributed by atoms with Crippen LogP contribution in [0, 0.1) is 6.92 Å². The monoisotopic (exact) mass is 455 g/mol. The van der Waals surface area contributed by atoms with E-state index in [1.165, 1.54) is 5.69 Å². The summed E-state index contributed by atoms with van der Waals surface area (Å²) in [5.74, 6) is 1.65. The predicted octanol–water partition coefficient (Wildman–Crippen LogP) is 2.27.